The first-order valence-corrected chi connectivity index (χ1v) is 12.1. The zero-order valence-electron chi connectivity index (χ0n) is 18.3. The summed E-state index contributed by atoms with van der Waals surface area (Å²) in [5.41, 5.74) is 2.62. The molecule has 1 aliphatic heterocycles. The van der Waals surface area contributed by atoms with E-state index in [0.29, 0.717) is 5.92 Å². The molecule has 0 spiro atoms. The summed E-state index contributed by atoms with van der Waals surface area (Å²) >= 11 is 0. The minimum absolute atomic E-state index is 0.162. The second kappa shape index (κ2) is 12.0. The van der Waals surface area contributed by atoms with Crippen molar-refractivity contribution in [2.24, 2.45) is 17.8 Å². The highest BCUT2D eigenvalue weighted by atomic mass is 16.7. The second-order valence-electron chi connectivity index (χ2n) is 9.32. The highest BCUT2D eigenvalue weighted by molar-refractivity contribution is 5.23. The molecule has 2 heteroatoms. The Morgan fingerprint density at radius 2 is 1.29 bits per heavy atom. The number of aryl methyl sites for hydroxylation is 1. The SMILES string of the molecule is CCC[C@H]1CC[C@H](CCCCc2ccc([C@H]3OC[C@H](CCC)CO3)cc2)CC1. The second-order valence-corrected chi connectivity index (χ2v) is 9.32. The van der Waals surface area contributed by atoms with Gasteiger partial charge in [-0.05, 0) is 36.7 Å². The highest BCUT2D eigenvalue weighted by Crippen LogP contribution is 2.34. The van der Waals surface area contributed by atoms with Gasteiger partial charge in [-0.25, -0.2) is 0 Å². The molecule has 1 saturated heterocycles. The highest BCUT2D eigenvalue weighted by Gasteiger charge is 2.23. The average Bonchev–Trinajstić information content (AvgIpc) is 2.74. The van der Waals surface area contributed by atoms with Gasteiger partial charge in [0.05, 0.1) is 13.2 Å². The third-order valence-corrected chi connectivity index (χ3v) is 6.91. The van der Waals surface area contributed by atoms with Gasteiger partial charge in [0.25, 0.3) is 0 Å². The quantitative estimate of drug-likeness (QED) is 0.388. The molecule has 0 aromatic heterocycles. The fraction of sp³-hybridized carbons (Fsp3) is 0.769. The summed E-state index contributed by atoms with van der Waals surface area (Å²) in [6.45, 7) is 6.22. The minimum atomic E-state index is -0.162. The first kappa shape index (κ1) is 21.8. The van der Waals surface area contributed by atoms with Gasteiger partial charge in [0.15, 0.2) is 6.29 Å². The fourth-order valence-corrected chi connectivity index (χ4v) is 5.13. The van der Waals surface area contributed by atoms with Crippen LogP contribution >= 0.6 is 0 Å². The van der Waals surface area contributed by atoms with Crippen molar-refractivity contribution in [3.8, 4) is 0 Å². The van der Waals surface area contributed by atoms with E-state index in [0.717, 1.165) is 25.0 Å². The molecule has 0 amide bonds. The Morgan fingerprint density at radius 1 is 0.714 bits per heavy atom. The largest absolute Gasteiger partial charge is 0.348 e. The van der Waals surface area contributed by atoms with Gasteiger partial charge < -0.3 is 9.47 Å². The summed E-state index contributed by atoms with van der Waals surface area (Å²) in [6.07, 6.45) is 16.4. The van der Waals surface area contributed by atoms with Gasteiger partial charge in [0, 0.05) is 11.5 Å². The fourth-order valence-electron chi connectivity index (χ4n) is 5.13. The van der Waals surface area contributed by atoms with Crippen LogP contribution in [0.15, 0.2) is 24.3 Å². The van der Waals surface area contributed by atoms with Crippen molar-refractivity contribution < 1.29 is 9.47 Å². The van der Waals surface area contributed by atoms with Crippen LogP contribution in [0.2, 0.25) is 0 Å². The molecule has 2 nitrogen and oxygen atoms in total. The topological polar surface area (TPSA) is 18.5 Å². The van der Waals surface area contributed by atoms with E-state index >= 15 is 0 Å². The maximum atomic E-state index is 5.94. The number of unbranched alkanes of at least 4 members (excludes halogenated alkanes) is 1. The Kier molecular flexibility index (Phi) is 9.34. The molecular weight excluding hydrogens is 344 g/mol. The molecule has 0 atom stereocenters. The van der Waals surface area contributed by atoms with Gasteiger partial charge in [0.1, 0.15) is 0 Å². The van der Waals surface area contributed by atoms with Crippen LogP contribution in [0, 0.1) is 17.8 Å². The smallest absolute Gasteiger partial charge is 0.183 e. The summed E-state index contributed by atoms with van der Waals surface area (Å²) in [7, 11) is 0. The van der Waals surface area contributed by atoms with E-state index in [9.17, 15) is 0 Å². The summed E-state index contributed by atoms with van der Waals surface area (Å²) in [6, 6.07) is 8.95. The maximum Gasteiger partial charge on any atom is 0.183 e. The van der Waals surface area contributed by atoms with Crippen LogP contribution in [-0.4, -0.2) is 13.2 Å². The van der Waals surface area contributed by atoms with Crippen molar-refractivity contribution in [3.05, 3.63) is 35.4 Å². The van der Waals surface area contributed by atoms with Gasteiger partial charge in [-0.15, -0.1) is 0 Å². The molecule has 1 saturated carbocycles. The molecule has 1 aromatic carbocycles. The predicted octanol–water partition coefficient (Wildman–Crippen LogP) is 7.47. The first-order valence-electron chi connectivity index (χ1n) is 12.1. The molecule has 2 aliphatic rings. The van der Waals surface area contributed by atoms with E-state index in [1.165, 1.54) is 88.2 Å². The molecule has 158 valence electrons. The lowest BCUT2D eigenvalue weighted by Crippen LogP contribution is -2.26. The monoisotopic (exact) mass is 386 g/mol. The van der Waals surface area contributed by atoms with E-state index < -0.39 is 0 Å². The van der Waals surface area contributed by atoms with E-state index in [1.807, 2.05) is 0 Å². The van der Waals surface area contributed by atoms with Crippen LogP contribution in [0.5, 0.6) is 0 Å². The van der Waals surface area contributed by atoms with Gasteiger partial charge in [-0.3, -0.25) is 0 Å². The van der Waals surface area contributed by atoms with Crippen molar-refractivity contribution >= 4 is 0 Å². The van der Waals surface area contributed by atoms with Crippen molar-refractivity contribution in [2.75, 3.05) is 13.2 Å². The number of benzene rings is 1. The van der Waals surface area contributed by atoms with Crippen molar-refractivity contribution in [1.82, 2.24) is 0 Å². The Labute approximate surface area is 173 Å². The summed E-state index contributed by atoms with van der Waals surface area (Å²) in [5, 5.41) is 0. The van der Waals surface area contributed by atoms with Crippen LogP contribution in [0.4, 0.5) is 0 Å². The third kappa shape index (κ3) is 6.88. The van der Waals surface area contributed by atoms with Crippen LogP contribution in [0.25, 0.3) is 0 Å². The van der Waals surface area contributed by atoms with Gasteiger partial charge in [-0.2, -0.15) is 0 Å². The molecule has 1 aliphatic carbocycles. The lowest BCUT2D eigenvalue weighted by Gasteiger charge is -2.29. The maximum absolute atomic E-state index is 5.94. The molecule has 28 heavy (non-hydrogen) atoms. The van der Waals surface area contributed by atoms with E-state index in [-0.39, 0.29) is 6.29 Å². The molecule has 1 aromatic rings. The normalized spacial score (nSPS) is 28.4. The zero-order valence-corrected chi connectivity index (χ0v) is 18.3. The lowest BCUT2D eigenvalue weighted by molar-refractivity contribution is -0.206. The Balaban J connectivity index is 1.31. The number of ether oxygens (including phenoxy) is 2. The molecule has 2 fully saturated rings. The van der Waals surface area contributed by atoms with Crippen molar-refractivity contribution in [3.63, 3.8) is 0 Å². The number of rotatable bonds is 10. The van der Waals surface area contributed by atoms with E-state index in [1.54, 1.807) is 0 Å². The first-order chi connectivity index (χ1) is 13.8. The van der Waals surface area contributed by atoms with Crippen LogP contribution < -0.4 is 0 Å². The van der Waals surface area contributed by atoms with Crippen LogP contribution in [0.3, 0.4) is 0 Å². The lowest BCUT2D eigenvalue weighted by atomic mass is 9.78. The van der Waals surface area contributed by atoms with Gasteiger partial charge >= 0.3 is 0 Å². The molecule has 0 unspecified atom stereocenters. The van der Waals surface area contributed by atoms with E-state index in [4.69, 9.17) is 9.47 Å². The molecular formula is C26H42O2. The van der Waals surface area contributed by atoms with Gasteiger partial charge in [0.2, 0.25) is 0 Å². The average molecular weight is 387 g/mol. The number of hydrogen-bond acceptors (Lipinski definition) is 2. The molecule has 0 N–H and O–H groups in total. The zero-order chi connectivity index (χ0) is 19.6. The van der Waals surface area contributed by atoms with Crippen LogP contribution in [-0.2, 0) is 15.9 Å². The summed E-state index contributed by atoms with van der Waals surface area (Å²) < 4.78 is 11.9. The molecule has 0 radical (unpaired) electrons. The minimum Gasteiger partial charge on any atom is -0.348 e. The van der Waals surface area contributed by atoms with Crippen molar-refractivity contribution in [1.29, 1.82) is 0 Å². The Morgan fingerprint density at radius 3 is 1.89 bits per heavy atom. The van der Waals surface area contributed by atoms with Crippen molar-refractivity contribution in [2.45, 2.75) is 97.2 Å². The van der Waals surface area contributed by atoms with Crippen LogP contribution in [0.1, 0.15) is 102 Å². The molecule has 1 heterocycles. The van der Waals surface area contributed by atoms with E-state index in [2.05, 4.69) is 38.1 Å². The third-order valence-electron chi connectivity index (χ3n) is 6.91. The molecule has 3 rings (SSSR count). The summed E-state index contributed by atoms with van der Waals surface area (Å²) in [5.74, 6) is 2.62. The number of hydrogen-bond donors (Lipinski definition) is 0. The Hall–Kier alpha value is -0.860. The predicted molar refractivity (Wildman–Crippen MR) is 117 cm³/mol. The molecule has 0 bridgehead atoms. The standard InChI is InChI=1S/C26H42O2/c1-3-7-21-11-13-22(14-12-21)9-5-6-10-23-15-17-25(18-16-23)26-27-19-24(8-4-2)20-28-26/h15-18,21-22,24,26H,3-14,19-20H2,1-2H3/t21-,22-,24-,26-. The Bertz CT molecular complexity index is 522. The summed E-state index contributed by atoms with van der Waals surface area (Å²) in [4.78, 5) is 0. The van der Waals surface area contributed by atoms with Gasteiger partial charge in [-0.1, -0.05) is 95.9 Å².